The molecule has 2 heterocycles. The summed E-state index contributed by atoms with van der Waals surface area (Å²) in [6.07, 6.45) is 3.37. The molecule has 1 atom stereocenters. The molecule has 0 N–H and O–H groups in total. The van der Waals surface area contributed by atoms with Crippen LogP contribution in [-0.2, 0) is 11.2 Å². The van der Waals surface area contributed by atoms with Crippen LogP contribution in [-0.4, -0.2) is 31.6 Å². The highest BCUT2D eigenvalue weighted by atomic mass is 32.2. The van der Waals surface area contributed by atoms with E-state index in [4.69, 9.17) is 4.74 Å². The molecule has 1 fully saturated rings. The van der Waals surface area contributed by atoms with Gasteiger partial charge in [0.25, 0.3) is 0 Å². The molecule has 2 aliphatic rings. The van der Waals surface area contributed by atoms with Gasteiger partial charge in [0.05, 0.1) is 13.2 Å². The van der Waals surface area contributed by atoms with E-state index in [1.54, 1.807) is 7.11 Å². The van der Waals surface area contributed by atoms with Gasteiger partial charge in [0, 0.05) is 17.2 Å². The average Bonchev–Trinajstić information content (AvgIpc) is 3.17. The topological polar surface area (TPSA) is 36.3 Å². The van der Waals surface area contributed by atoms with Gasteiger partial charge in [-0.25, -0.2) is 0 Å². The summed E-state index contributed by atoms with van der Waals surface area (Å²) in [6.45, 7) is 3.27. The molecule has 1 saturated heterocycles. The summed E-state index contributed by atoms with van der Waals surface area (Å²) in [5.41, 5.74) is 2.93. The summed E-state index contributed by atoms with van der Waals surface area (Å²) < 4.78 is 5.50. The van der Waals surface area contributed by atoms with Crippen LogP contribution in [0.1, 0.15) is 36.0 Å². The smallest absolute Gasteiger partial charge is 0.119 e. The van der Waals surface area contributed by atoms with Crippen molar-refractivity contribution in [2.75, 3.05) is 26.7 Å². The van der Waals surface area contributed by atoms with E-state index in [0.29, 0.717) is 0 Å². The molecule has 26 heavy (non-hydrogen) atoms. The summed E-state index contributed by atoms with van der Waals surface area (Å²) in [6, 6.07) is 17.4. The largest absolute Gasteiger partial charge is 0.497 e. The van der Waals surface area contributed by atoms with Crippen molar-refractivity contribution in [3.8, 4) is 11.8 Å². The predicted octanol–water partition coefficient (Wildman–Crippen LogP) is 4.60. The number of rotatable bonds is 4. The summed E-state index contributed by atoms with van der Waals surface area (Å²) >= 11 is 1.83. The lowest BCUT2D eigenvalue weighted by molar-refractivity contribution is 0.314. The van der Waals surface area contributed by atoms with E-state index >= 15 is 0 Å². The molecule has 0 bridgehead atoms. The van der Waals surface area contributed by atoms with Gasteiger partial charge in [-0.2, -0.15) is 5.26 Å². The van der Waals surface area contributed by atoms with E-state index in [1.165, 1.54) is 28.9 Å². The van der Waals surface area contributed by atoms with Crippen LogP contribution in [0.5, 0.6) is 5.75 Å². The first-order valence-corrected chi connectivity index (χ1v) is 10.3. The lowest BCUT2D eigenvalue weighted by Crippen LogP contribution is -2.33. The Bertz CT molecular complexity index is 838. The normalized spacial score (nSPS) is 22.2. The van der Waals surface area contributed by atoms with Crippen molar-refractivity contribution in [2.45, 2.75) is 35.3 Å². The Kier molecular flexibility index (Phi) is 4.93. The monoisotopic (exact) mass is 364 g/mol. The minimum atomic E-state index is -0.618. The van der Waals surface area contributed by atoms with Gasteiger partial charge in [-0.05, 0) is 67.2 Å². The van der Waals surface area contributed by atoms with Crippen LogP contribution in [0.2, 0.25) is 0 Å². The quantitative estimate of drug-likeness (QED) is 0.795. The molecule has 4 heteroatoms. The third kappa shape index (κ3) is 3.00. The van der Waals surface area contributed by atoms with Crippen LogP contribution in [0, 0.1) is 11.3 Å². The fourth-order valence-corrected chi connectivity index (χ4v) is 5.35. The Labute approximate surface area is 160 Å². The summed E-state index contributed by atoms with van der Waals surface area (Å²) in [4.78, 5) is 3.70. The number of likely N-dealkylation sites (tertiary alicyclic amines) is 1. The van der Waals surface area contributed by atoms with Gasteiger partial charge < -0.3 is 9.64 Å². The Morgan fingerprint density at radius 1 is 1.15 bits per heavy atom. The second-order valence-corrected chi connectivity index (χ2v) is 8.14. The maximum Gasteiger partial charge on any atom is 0.119 e. The van der Waals surface area contributed by atoms with E-state index in [-0.39, 0.29) is 0 Å². The fraction of sp³-hybridized carbons (Fsp3) is 0.409. The Hall–Kier alpha value is -1.96. The molecule has 0 amide bonds. The van der Waals surface area contributed by atoms with Gasteiger partial charge in [0.1, 0.15) is 11.2 Å². The van der Waals surface area contributed by atoms with E-state index in [9.17, 15) is 5.26 Å². The van der Waals surface area contributed by atoms with Crippen molar-refractivity contribution < 1.29 is 4.74 Å². The Morgan fingerprint density at radius 3 is 2.73 bits per heavy atom. The molecular weight excluding hydrogens is 340 g/mol. The maximum absolute atomic E-state index is 10.5. The van der Waals surface area contributed by atoms with Crippen molar-refractivity contribution in [3.63, 3.8) is 0 Å². The maximum atomic E-state index is 10.5. The second kappa shape index (κ2) is 7.34. The highest BCUT2D eigenvalue weighted by Gasteiger charge is 2.40. The zero-order valence-corrected chi connectivity index (χ0v) is 16.0. The second-order valence-electron chi connectivity index (χ2n) is 7.12. The molecule has 0 aliphatic carbocycles. The molecule has 2 aromatic carbocycles. The molecule has 2 aliphatic heterocycles. The number of nitriles is 1. The SMILES string of the molecule is COc1ccc2c(c1)C(C#N)(CCN1CCCC1)c1ccccc1CS2. The molecule has 0 radical (unpaired) electrons. The van der Waals surface area contributed by atoms with Crippen LogP contribution >= 0.6 is 11.8 Å². The molecule has 0 saturated carbocycles. The third-order valence-electron chi connectivity index (χ3n) is 5.70. The molecular formula is C22H24N2OS. The minimum Gasteiger partial charge on any atom is -0.497 e. The first-order valence-electron chi connectivity index (χ1n) is 9.30. The van der Waals surface area contributed by atoms with Crippen LogP contribution in [0.4, 0.5) is 0 Å². The molecule has 0 spiro atoms. The first-order chi connectivity index (χ1) is 12.8. The highest BCUT2D eigenvalue weighted by Crippen LogP contribution is 2.47. The van der Waals surface area contributed by atoms with Gasteiger partial charge in [0.2, 0.25) is 0 Å². The summed E-state index contributed by atoms with van der Waals surface area (Å²) in [7, 11) is 1.69. The fourth-order valence-electron chi connectivity index (χ4n) is 4.24. The number of benzene rings is 2. The zero-order valence-electron chi connectivity index (χ0n) is 15.2. The number of hydrogen-bond donors (Lipinski definition) is 0. The molecule has 1 unspecified atom stereocenters. The number of hydrogen-bond acceptors (Lipinski definition) is 4. The standard InChI is InChI=1S/C22H24N2OS/c1-25-18-8-9-21-20(14-18)22(16-23,10-13-24-11-4-5-12-24)19-7-3-2-6-17(19)15-26-21/h2-3,6-9,14H,4-5,10-13,15H2,1H3. The number of methoxy groups -OCH3 is 1. The molecule has 134 valence electrons. The third-order valence-corrected chi connectivity index (χ3v) is 6.82. The number of ether oxygens (including phenoxy) is 1. The summed E-state index contributed by atoms with van der Waals surface area (Å²) in [5.74, 6) is 1.73. The van der Waals surface area contributed by atoms with Gasteiger partial charge in [-0.1, -0.05) is 24.3 Å². The number of thioether (sulfide) groups is 1. The lowest BCUT2D eigenvalue weighted by Gasteiger charge is -2.31. The van der Waals surface area contributed by atoms with Crippen LogP contribution < -0.4 is 4.74 Å². The number of fused-ring (bicyclic) bond motifs is 2. The molecule has 2 aromatic rings. The predicted molar refractivity (Wildman–Crippen MR) is 106 cm³/mol. The van der Waals surface area contributed by atoms with Crippen molar-refractivity contribution >= 4 is 11.8 Å². The van der Waals surface area contributed by atoms with Gasteiger partial charge in [-0.3, -0.25) is 0 Å². The first kappa shape index (κ1) is 17.5. The van der Waals surface area contributed by atoms with Crippen molar-refractivity contribution in [1.29, 1.82) is 5.26 Å². The lowest BCUT2D eigenvalue weighted by atomic mass is 9.71. The van der Waals surface area contributed by atoms with Gasteiger partial charge in [-0.15, -0.1) is 11.8 Å². The highest BCUT2D eigenvalue weighted by molar-refractivity contribution is 7.98. The summed E-state index contributed by atoms with van der Waals surface area (Å²) in [5, 5.41) is 10.5. The minimum absolute atomic E-state index is 0.618. The van der Waals surface area contributed by atoms with Crippen molar-refractivity contribution in [2.24, 2.45) is 0 Å². The van der Waals surface area contributed by atoms with E-state index in [0.717, 1.165) is 43.1 Å². The molecule has 0 aromatic heterocycles. The van der Waals surface area contributed by atoms with Crippen LogP contribution in [0.3, 0.4) is 0 Å². The molecule has 4 rings (SSSR count). The van der Waals surface area contributed by atoms with E-state index < -0.39 is 5.41 Å². The van der Waals surface area contributed by atoms with Crippen LogP contribution in [0.25, 0.3) is 0 Å². The van der Waals surface area contributed by atoms with Gasteiger partial charge in [0.15, 0.2) is 0 Å². The van der Waals surface area contributed by atoms with Crippen LogP contribution in [0.15, 0.2) is 47.4 Å². The Morgan fingerprint density at radius 2 is 1.96 bits per heavy atom. The molecule has 3 nitrogen and oxygen atoms in total. The Balaban J connectivity index is 1.84. The van der Waals surface area contributed by atoms with Crippen molar-refractivity contribution in [3.05, 3.63) is 59.2 Å². The van der Waals surface area contributed by atoms with Crippen molar-refractivity contribution in [1.82, 2.24) is 4.90 Å². The zero-order chi connectivity index (χ0) is 18.0. The number of nitrogens with zero attached hydrogens (tertiary/aromatic N) is 2. The average molecular weight is 365 g/mol. The van der Waals surface area contributed by atoms with E-state index in [2.05, 4.69) is 47.4 Å². The van der Waals surface area contributed by atoms with Gasteiger partial charge >= 0.3 is 0 Å². The van der Waals surface area contributed by atoms with E-state index in [1.807, 2.05) is 17.8 Å².